The SMILES string of the molecule is CC1NC(=O)CC(C(=O)N[C@H](C)c2ccc(C(F)(F)F)cc2)N1. The summed E-state index contributed by atoms with van der Waals surface area (Å²) < 4.78 is 37.6. The summed E-state index contributed by atoms with van der Waals surface area (Å²) in [6.45, 7) is 3.39. The summed E-state index contributed by atoms with van der Waals surface area (Å²) in [5, 5.41) is 8.27. The van der Waals surface area contributed by atoms with Gasteiger partial charge in [-0.15, -0.1) is 0 Å². The molecule has 1 heterocycles. The molecule has 3 N–H and O–H groups in total. The van der Waals surface area contributed by atoms with E-state index in [4.69, 9.17) is 0 Å². The quantitative estimate of drug-likeness (QED) is 0.791. The van der Waals surface area contributed by atoms with E-state index in [1.54, 1.807) is 13.8 Å². The molecule has 126 valence electrons. The summed E-state index contributed by atoms with van der Waals surface area (Å²) in [6, 6.07) is 3.50. The Hall–Kier alpha value is -2.09. The first-order valence-electron chi connectivity index (χ1n) is 7.20. The fourth-order valence-electron chi connectivity index (χ4n) is 2.41. The normalized spacial score (nSPS) is 23.1. The van der Waals surface area contributed by atoms with Crippen LogP contribution in [0.25, 0.3) is 0 Å². The molecule has 5 nitrogen and oxygen atoms in total. The average Bonchev–Trinajstić information content (AvgIpc) is 2.45. The van der Waals surface area contributed by atoms with Gasteiger partial charge in [0, 0.05) is 0 Å². The van der Waals surface area contributed by atoms with Crippen molar-refractivity contribution >= 4 is 11.8 Å². The molecule has 1 fully saturated rings. The maximum atomic E-state index is 12.5. The Balaban J connectivity index is 1.99. The molecule has 0 radical (unpaired) electrons. The van der Waals surface area contributed by atoms with Crippen LogP contribution in [0.4, 0.5) is 13.2 Å². The topological polar surface area (TPSA) is 70.2 Å². The van der Waals surface area contributed by atoms with Gasteiger partial charge in [-0.2, -0.15) is 13.2 Å². The van der Waals surface area contributed by atoms with Crippen LogP contribution in [0.1, 0.15) is 37.4 Å². The number of hydrogen-bond donors (Lipinski definition) is 3. The van der Waals surface area contributed by atoms with E-state index in [1.165, 1.54) is 12.1 Å². The van der Waals surface area contributed by atoms with Crippen LogP contribution in [0.3, 0.4) is 0 Å². The van der Waals surface area contributed by atoms with Crippen LogP contribution in [0.2, 0.25) is 0 Å². The van der Waals surface area contributed by atoms with E-state index in [2.05, 4.69) is 16.0 Å². The minimum Gasteiger partial charge on any atom is -0.348 e. The fourth-order valence-corrected chi connectivity index (χ4v) is 2.41. The van der Waals surface area contributed by atoms with E-state index in [9.17, 15) is 22.8 Å². The third kappa shape index (κ3) is 4.44. The Morgan fingerprint density at radius 1 is 1.30 bits per heavy atom. The monoisotopic (exact) mass is 329 g/mol. The maximum Gasteiger partial charge on any atom is 0.416 e. The Labute approximate surface area is 131 Å². The Morgan fingerprint density at radius 2 is 1.91 bits per heavy atom. The molecule has 1 aliphatic heterocycles. The van der Waals surface area contributed by atoms with Crippen molar-refractivity contribution < 1.29 is 22.8 Å². The van der Waals surface area contributed by atoms with Gasteiger partial charge in [0.2, 0.25) is 11.8 Å². The number of amides is 2. The van der Waals surface area contributed by atoms with Crippen molar-refractivity contribution in [3.05, 3.63) is 35.4 Å². The Bertz CT molecular complexity index is 587. The molecular formula is C15H18F3N3O2. The van der Waals surface area contributed by atoms with Gasteiger partial charge in [-0.05, 0) is 31.5 Å². The minimum atomic E-state index is -4.39. The second kappa shape index (κ2) is 6.57. The first kappa shape index (κ1) is 17.3. The molecule has 1 aromatic carbocycles. The second-order valence-corrected chi connectivity index (χ2v) is 5.56. The second-order valence-electron chi connectivity index (χ2n) is 5.56. The number of nitrogens with one attached hydrogen (secondary N) is 3. The first-order valence-corrected chi connectivity index (χ1v) is 7.20. The zero-order valence-corrected chi connectivity index (χ0v) is 12.7. The highest BCUT2D eigenvalue weighted by molar-refractivity contribution is 5.89. The number of hydrogen-bond acceptors (Lipinski definition) is 3. The molecule has 0 aliphatic carbocycles. The average molecular weight is 329 g/mol. The minimum absolute atomic E-state index is 0.0237. The van der Waals surface area contributed by atoms with Crippen molar-refractivity contribution in [2.24, 2.45) is 0 Å². The number of benzene rings is 1. The lowest BCUT2D eigenvalue weighted by molar-refractivity contribution is -0.137. The van der Waals surface area contributed by atoms with Crippen LogP contribution in [-0.4, -0.2) is 24.0 Å². The van der Waals surface area contributed by atoms with Gasteiger partial charge in [0.05, 0.1) is 30.2 Å². The molecule has 1 aromatic rings. The van der Waals surface area contributed by atoms with Crippen LogP contribution in [-0.2, 0) is 15.8 Å². The van der Waals surface area contributed by atoms with Gasteiger partial charge in [0.15, 0.2) is 0 Å². The third-order valence-electron chi connectivity index (χ3n) is 3.63. The third-order valence-corrected chi connectivity index (χ3v) is 3.63. The molecule has 0 saturated carbocycles. The highest BCUT2D eigenvalue weighted by Crippen LogP contribution is 2.29. The predicted octanol–water partition coefficient (Wildman–Crippen LogP) is 1.71. The highest BCUT2D eigenvalue weighted by atomic mass is 19.4. The molecule has 0 bridgehead atoms. The van der Waals surface area contributed by atoms with Crippen LogP contribution < -0.4 is 16.0 Å². The molecular weight excluding hydrogens is 311 g/mol. The van der Waals surface area contributed by atoms with Gasteiger partial charge in [0.1, 0.15) is 0 Å². The van der Waals surface area contributed by atoms with Crippen molar-refractivity contribution in [3.63, 3.8) is 0 Å². The smallest absolute Gasteiger partial charge is 0.348 e. The van der Waals surface area contributed by atoms with E-state index in [1.807, 2.05) is 0 Å². The molecule has 1 aliphatic rings. The van der Waals surface area contributed by atoms with Crippen LogP contribution in [0.5, 0.6) is 0 Å². The largest absolute Gasteiger partial charge is 0.416 e. The maximum absolute atomic E-state index is 12.5. The summed E-state index contributed by atoms with van der Waals surface area (Å²) in [4.78, 5) is 23.6. The molecule has 1 saturated heterocycles. The van der Waals surface area contributed by atoms with Crippen molar-refractivity contribution in [2.45, 2.75) is 44.7 Å². The summed E-state index contributed by atoms with van der Waals surface area (Å²) in [5.74, 6) is -0.585. The van der Waals surface area contributed by atoms with Crippen LogP contribution >= 0.6 is 0 Å². The first-order chi connectivity index (χ1) is 10.7. The fraction of sp³-hybridized carbons (Fsp3) is 0.467. The van der Waals surface area contributed by atoms with E-state index >= 15 is 0 Å². The molecule has 8 heteroatoms. The number of carbonyl (C=O) groups excluding carboxylic acids is 2. The molecule has 3 atom stereocenters. The van der Waals surface area contributed by atoms with Crippen molar-refractivity contribution in [1.82, 2.24) is 16.0 Å². The summed E-state index contributed by atoms with van der Waals surface area (Å²) in [5.41, 5.74) is -0.182. The number of alkyl halides is 3. The zero-order chi connectivity index (χ0) is 17.2. The standard InChI is InChI=1S/C15H18F3N3O2/c1-8(10-3-5-11(6-4-10)15(16,17)18)19-14(23)12-7-13(22)21-9(2)20-12/h3-6,8-9,12,20H,7H2,1-2H3,(H,19,23)(H,21,22)/t8-,9?,12?/m1/s1. The van der Waals surface area contributed by atoms with Crippen molar-refractivity contribution in [1.29, 1.82) is 0 Å². The lowest BCUT2D eigenvalue weighted by Crippen LogP contribution is -2.59. The number of carbonyl (C=O) groups is 2. The van der Waals surface area contributed by atoms with Gasteiger partial charge in [0.25, 0.3) is 0 Å². The van der Waals surface area contributed by atoms with E-state index < -0.39 is 23.8 Å². The Morgan fingerprint density at radius 3 is 2.43 bits per heavy atom. The van der Waals surface area contributed by atoms with Gasteiger partial charge in [-0.25, -0.2) is 0 Å². The molecule has 2 amide bonds. The van der Waals surface area contributed by atoms with Gasteiger partial charge >= 0.3 is 6.18 Å². The van der Waals surface area contributed by atoms with Gasteiger partial charge < -0.3 is 10.6 Å². The zero-order valence-electron chi connectivity index (χ0n) is 12.7. The van der Waals surface area contributed by atoms with Crippen LogP contribution in [0, 0.1) is 0 Å². The highest BCUT2D eigenvalue weighted by Gasteiger charge is 2.31. The number of rotatable bonds is 3. The molecule has 23 heavy (non-hydrogen) atoms. The lowest BCUT2D eigenvalue weighted by Gasteiger charge is -2.29. The van der Waals surface area contributed by atoms with Crippen molar-refractivity contribution in [3.8, 4) is 0 Å². The summed E-state index contributed by atoms with van der Waals surface area (Å²) in [6.07, 6.45) is -4.68. The molecule has 0 aromatic heterocycles. The van der Waals surface area contributed by atoms with E-state index in [0.29, 0.717) is 5.56 Å². The summed E-state index contributed by atoms with van der Waals surface area (Å²) in [7, 11) is 0. The number of halogens is 3. The predicted molar refractivity (Wildman–Crippen MR) is 77.1 cm³/mol. The lowest BCUT2D eigenvalue weighted by atomic mass is 10.0. The van der Waals surface area contributed by atoms with Crippen LogP contribution in [0.15, 0.2) is 24.3 Å². The molecule has 2 rings (SSSR count). The van der Waals surface area contributed by atoms with Gasteiger partial charge in [-0.1, -0.05) is 12.1 Å². The van der Waals surface area contributed by atoms with Crippen molar-refractivity contribution in [2.75, 3.05) is 0 Å². The van der Waals surface area contributed by atoms with E-state index in [-0.39, 0.29) is 24.4 Å². The van der Waals surface area contributed by atoms with E-state index in [0.717, 1.165) is 12.1 Å². The van der Waals surface area contributed by atoms with Gasteiger partial charge in [-0.3, -0.25) is 14.9 Å². The Kier molecular flexibility index (Phi) is 4.93. The summed E-state index contributed by atoms with van der Waals surface area (Å²) >= 11 is 0. The molecule has 0 spiro atoms. The molecule has 2 unspecified atom stereocenters.